The van der Waals surface area contributed by atoms with Crippen molar-refractivity contribution in [2.24, 2.45) is 0 Å². The summed E-state index contributed by atoms with van der Waals surface area (Å²) < 4.78 is 5.52. The van der Waals surface area contributed by atoms with Crippen LogP contribution in [-0.2, 0) is 0 Å². The van der Waals surface area contributed by atoms with E-state index in [1.165, 1.54) is 0 Å². The molecule has 0 aliphatic heterocycles. The van der Waals surface area contributed by atoms with E-state index in [1.807, 2.05) is 19.1 Å². The fraction of sp³-hybridized carbons (Fsp3) is 0.0769. The number of pyridine rings is 1. The molecule has 4 heteroatoms. The summed E-state index contributed by atoms with van der Waals surface area (Å²) in [6.45, 7) is 1.94. The third-order valence-corrected chi connectivity index (χ3v) is 2.48. The van der Waals surface area contributed by atoms with Gasteiger partial charge in [-0.2, -0.15) is 5.26 Å². The van der Waals surface area contributed by atoms with Gasteiger partial charge in [-0.1, -0.05) is 17.7 Å². The zero-order chi connectivity index (χ0) is 12.3. The Morgan fingerprint density at radius 2 is 2.18 bits per heavy atom. The predicted octanol–water partition coefficient (Wildman–Crippen LogP) is 3.71. The quantitative estimate of drug-likeness (QED) is 0.809. The highest BCUT2D eigenvalue weighted by Gasteiger charge is 2.08. The zero-order valence-corrected chi connectivity index (χ0v) is 9.90. The number of nitrogens with zero attached hydrogens (tertiary/aromatic N) is 2. The van der Waals surface area contributed by atoms with E-state index in [4.69, 9.17) is 21.6 Å². The van der Waals surface area contributed by atoms with Gasteiger partial charge in [0.1, 0.15) is 17.4 Å². The summed E-state index contributed by atoms with van der Waals surface area (Å²) in [7, 11) is 0. The van der Waals surface area contributed by atoms with Crippen LogP contribution in [0.25, 0.3) is 0 Å². The summed E-state index contributed by atoms with van der Waals surface area (Å²) in [5.74, 6) is 0.758. The Morgan fingerprint density at radius 3 is 2.88 bits per heavy atom. The van der Waals surface area contributed by atoms with Crippen LogP contribution in [0.15, 0.2) is 36.5 Å². The monoisotopic (exact) mass is 244 g/mol. The molecule has 0 saturated heterocycles. The number of aromatic nitrogens is 1. The van der Waals surface area contributed by atoms with Crippen LogP contribution in [0.4, 0.5) is 0 Å². The first kappa shape index (κ1) is 11.4. The maximum absolute atomic E-state index is 8.91. The molecule has 0 saturated carbocycles. The minimum Gasteiger partial charge on any atom is -0.436 e. The standard InChI is InChI=1S/C13H9ClN2O/c1-9-4-5-12(11(14)7-9)17-13-10(8-15)3-2-6-16-13/h2-7H,1H3. The number of hydrogen-bond donors (Lipinski definition) is 0. The molecule has 1 aromatic carbocycles. The first-order valence-corrected chi connectivity index (χ1v) is 5.37. The average molecular weight is 245 g/mol. The van der Waals surface area contributed by atoms with Crippen LogP contribution in [0.1, 0.15) is 11.1 Å². The van der Waals surface area contributed by atoms with Crippen molar-refractivity contribution in [3.8, 4) is 17.7 Å². The SMILES string of the molecule is Cc1ccc(Oc2ncccc2C#N)c(Cl)c1. The Hall–Kier alpha value is -2.05. The van der Waals surface area contributed by atoms with Gasteiger partial charge in [-0.3, -0.25) is 0 Å². The topological polar surface area (TPSA) is 45.9 Å². The molecule has 1 heterocycles. The van der Waals surface area contributed by atoms with Gasteiger partial charge in [0.15, 0.2) is 0 Å². The Bertz CT molecular complexity index is 590. The molecular weight excluding hydrogens is 236 g/mol. The second-order valence-electron chi connectivity index (χ2n) is 3.50. The minimum absolute atomic E-state index is 0.265. The van der Waals surface area contributed by atoms with Crippen LogP contribution in [0.2, 0.25) is 5.02 Å². The lowest BCUT2D eigenvalue weighted by Crippen LogP contribution is -1.92. The number of rotatable bonds is 2. The molecule has 0 atom stereocenters. The third-order valence-electron chi connectivity index (χ3n) is 2.19. The number of ether oxygens (including phenoxy) is 1. The first-order chi connectivity index (χ1) is 8.20. The number of nitriles is 1. The van der Waals surface area contributed by atoms with E-state index in [9.17, 15) is 0 Å². The Balaban J connectivity index is 2.35. The largest absolute Gasteiger partial charge is 0.436 e. The van der Waals surface area contributed by atoms with Gasteiger partial charge < -0.3 is 4.74 Å². The van der Waals surface area contributed by atoms with Crippen molar-refractivity contribution in [1.29, 1.82) is 5.26 Å². The van der Waals surface area contributed by atoms with Gasteiger partial charge >= 0.3 is 0 Å². The van der Waals surface area contributed by atoms with Gasteiger partial charge in [-0.05, 0) is 36.8 Å². The Kier molecular flexibility index (Phi) is 3.27. The Labute approximate surface area is 104 Å². The number of hydrogen-bond acceptors (Lipinski definition) is 3. The van der Waals surface area contributed by atoms with E-state index in [-0.39, 0.29) is 5.88 Å². The zero-order valence-electron chi connectivity index (χ0n) is 9.14. The highest BCUT2D eigenvalue weighted by atomic mass is 35.5. The summed E-state index contributed by atoms with van der Waals surface area (Å²) in [5, 5.41) is 9.41. The van der Waals surface area contributed by atoms with Crippen molar-refractivity contribution in [3.05, 3.63) is 52.7 Å². The molecule has 0 fully saturated rings. The van der Waals surface area contributed by atoms with E-state index in [0.29, 0.717) is 16.3 Å². The molecule has 0 aliphatic carbocycles. The molecule has 3 nitrogen and oxygen atoms in total. The maximum Gasteiger partial charge on any atom is 0.237 e. The van der Waals surface area contributed by atoms with Gasteiger partial charge in [0.2, 0.25) is 5.88 Å². The summed E-state index contributed by atoms with van der Waals surface area (Å²) in [6.07, 6.45) is 1.57. The molecule has 1 aromatic heterocycles. The van der Waals surface area contributed by atoms with Crippen molar-refractivity contribution in [1.82, 2.24) is 4.98 Å². The second-order valence-corrected chi connectivity index (χ2v) is 3.91. The highest BCUT2D eigenvalue weighted by Crippen LogP contribution is 2.30. The lowest BCUT2D eigenvalue weighted by atomic mass is 10.2. The van der Waals surface area contributed by atoms with Crippen LogP contribution in [-0.4, -0.2) is 4.98 Å². The van der Waals surface area contributed by atoms with Gasteiger partial charge in [0.25, 0.3) is 0 Å². The molecule has 0 amide bonds. The second kappa shape index (κ2) is 4.86. The van der Waals surface area contributed by atoms with Crippen molar-refractivity contribution in [2.75, 3.05) is 0 Å². The molecular formula is C13H9ClN2O. The minimum atomic E-state index is 0.265. The van der Waals surface area contributed by atoms with Crippen LogP contribution in [0, 0.1) is 18.3 Å². The van der Waals surface area contributed by atoms with Gasteiger partial charge in [0, 0.05) is 6.20 Å². The molecule has 0 bridgehead atoms. The highest BCUT2D eigenvalue weighted by molar-refractivity contribution is 6.32. The van der Waals surface area contributed by atoms with E-state index >= 15 is 0 Å². The maximum atomic E-state index is 8.91. The van der Waals surface area contributed by atoms with E-state index in [2.05, 4.69) is 4.98 Å². The van der Waals surface area contributed by atoms with Gasteiger partial charge in [-0.15, -0.1) is 0 Å². The average Bonchev–Trinajstić information content (AvgIpc) is 2.33. The molecule has 0 radical (unpaired) electrons. The van der Waals surface area contributed by atoms with Crippen LogP contribution in [0.3, 0.4) is 0 Å². The van der Waals surface area contributed by atoms with Gasteiger partial charge in [-0.25, -0.2) is 4.98 Å². The Morgan fingerprint density at radius 1 is 1.35 bits per heavy atom. The summed E-state index contributed by atoms with van der Waals surface area (Å²) in [4.78, 5) is 4.00. The summed E-state index contributed by atoms with van der Waals surface area (Å²) in [5.41, 5.74) is 1.42. The van der Waals surface area contributed by atoms with Crippen molar-refractivity contribution < 1.29 is 4.74 Å². The van der Waals surface area contributed by atoms with Crippen LogP contribution in [0.5, 0.6) is 11.6 Å². The molecule has 0 aliphatic rings. The van der Waals surface area contributed by atoms with E-state index < -0.39 is 0 Å². The lowest BCUT2D eigenvalue weighted by Gasteiger charge is -2.07. The molecule has 0 spiro atoms. The van der Waals surface area contributed by atoms with E-state index in [0.717, 1.165) is 5.56 Å². The normalized spacial score (nSPS) is 9.71. The molecule has 17 heavy (non-hydrogen) atoms. The smallest absolute Gasteiger partial charge is 0.237 e. The lowest BCUT2D eigenvalue weighted by molar-refractivity contribution is 0.461. The third kappa shape index (κ3) is 2.55. The van der Waals surface area contributed by atoms with Crippen molar-refractivity contribution >= 4 is 11.6 Å². The van der Waals surface area contributed by atoms with Gasteiger partial charge in [0.05, 0.1) is 5.02 Å². The molecule has 84 valence electrons. The number of aryl methyl sites for hydroxylation is 1. The summed E-state index contributed by atoms with van der Waals surface area (Å²) in [6, 6.07) is 10.8. The van der Waals surface area contributed by atoms with Crippen LogP contribution >= 0.6 is 11.6 Å². The molecule has 2 rings (SSSR count). The van der Waals surface area contributed by atoms with Crippen LogP contribution < -0.4 is 4.74 Å². The molecule has 0 N–H and O–H groups in total. The molecule has 2 aromatic rings. The summed E-state index contributed by atoms with van der Waals surface area (Å²) >= 11 is 6.04. The van der Waals surface area contributed by atoms with Crippen molar-refractivity contribution in [2.45, 2.75) is 6.92 Å². The van der Waals surface area contributed by atoms with Crippen molar-refractivity contribution in [3.63, 3.8) is 0 Å². The number of halogens is 1. The number of benzene rings is 1. The molecule has 0 unspecified atom stereocenters. The fourth-order valence-corrected chi connectivity index (χ4v) is 1.62. The first-order valence-electron chi connectivity index (χ1n) is 5.00. The fourth-order valence-electron chi connectivity index (χ4n) is 1.35. The van der Waals surface area contributed by atoms with E-state index in [1.54, 1.807) is 30.5 Å². The predicted molar refractivity (Wildman–Crippen MR) is 65.2 cm³/mol.